The lowest BCUT2D eigenvalue weighted by atomic mass is 9.93. The van der Waals surface area contributed by atoms with Crippen LogP contribution in [0.3, 0.4) is 0 Å². The van der Waals surface area contributed by atoms with Gasteiger partial charge in [-0.2, -0.15) is 0 Å². The summed E-state index contributed by atoms with van der Waals surface area (Å²) in [6.07, 6.45) is 7.15. The number of urea groups is 2. The van der Waals surface area contributed by atoms with Gasteiger partial charge in [-0.3, -0.25) is 24.5 Å². The van der Waals surface area contributed by atoms with Gasteiger partial charge < -0.3 is 61.0 Å². The largest absolute Gasteiger partial charge is 0.444 e. The minimum absolute atomic E-state index is 0.0175. The van der Waals surface area contributed by atoms with Crippen LogP contribution < -0.4 is 31.9 Å². The van der Waals surface area contributed by atoms with Gasteiger partial charge in [0.1, 0.15) is 25.3 Å². The van der Waals surface area contributed by atoms with E-state index in [-0.39, 0.29) is 45.3 Å². The van der Waals surface area contributed by atoms with Gasteiger partial charge in [-0.1, -0.05) is 123 Å². The fourth-order valence-corrected chi connectivity index (χ4v) is 13.1. The third-order valence-electron chi connectivity index (χ3n) is 15.5. The number of aliphatic hydroxyl groups excluding tert-OH is 1. The number of methoxy groups -OCH3 is 1. The average molecular weight is 1370 g/mol. The SMILES string of the molecule is COCC(NC(=O)N(C)Cc1cncs1)C(=O)NC(CCC(Cc1ccccc1)NC(=O)OCc1cncs1)Cc1cccc(-c2cccc(CC(CCC(Cc3ccccc3)NC(=O)C(CCO)NC(=O)N(C)Cc3csc(C(C)C)n3)NC(=O)OCc3cncs3)c2)c1. The molecule has 0 bridgehead atoms. The average Bonchev–Trinajstić information content (AvgIpc) is 1.75. The number of nitrogens with zero attached hydrogens (tertiary/aromatic N) is 6. The summed E-state index contributed by atoms with van der Waals surface area (Å²) in [5.41, 5.74) is 11.4. The Balaban J connectivity index is 1.00. The maximum atomic E-state index is 14.5. The molecule has 6 unspecified atom stereocenters. The van der Waals surface area contributed by atoms with E-state index >= 15 is 0 Å². The Bertz CT molecular complexity index is 3620. The topological polar surface area (TPSA) is 281 Å². The summed E-state index contributed by atoms with van der Waals surface area (Å²) in [6.45, 7) is 4.32. The predicted molar refractivity (Wildman–Crippen MR) is 370 cm³/mol. The monoisotopic (exact) mass is 1370 g/mol. The summed E-state index contributed by atoms with van der Waals surface area (Å²) < 4.78 is 16.8. The normalized spacial score (nSPS) is 13.1. The van der Waals surface area contributed by atoms with Crippen LogP contribution in [0.1, 0.15) is 99.5 Å². The zero-order valence-corrected chi connectivity index (χ0v) is 57.3. The molecule has 26 heteroatoms. The molecule has 8 amide bonds. The van der Waals surface area contributed by atoms with Crippen LogP contribution in [-0.4, -0.2) is 142 Å². The van der Waals surface area contributed by atoms with Crippen molar-refractivity contribution in [2.45, 2.75) is 140 Å². The molecule has 0 saturated carbocycles. The third kappa shape index (κ3) is 24.6. The minimum Gasteiger partial charge on any atom is -0.444 e. The Hall–Kier alpha value is -8.66. The molecule has 504 valence electrons. The highest BCUT2D eigenvalue weighted by Crippen LogP contribution is 2.26. The second kappa shape index (κ2) is 38.0. The first-order chi connectivity index (χ1) is 46.0. The van der Waals surface area contributed by atoms with E-state index in [1.165, 1.54) is 62.3 Å². The van der Waals surface area contributed by atoms with Crippen LogP contribution in [0.2, 0.25) is 0 Å². The van der Waals surface area contributed by atoms with Gasteiger partial charge in [0, 0.05) is 86.7 Å². The van der Waals surface area contributed by atoms with E-state index in [1.54, 1.807) is 49.2 Å². The van der Waals surface area contributed by atoms with E-state index in [4.69, 9.17) is 14.2 Å². The van der Waals surface area contributed by atoms with E-state index in [0.717, 1.165) is 58.7 Å². The number of rotatable bonds is 36. The van der Waals surface area contributed by atoms with Gasteiger partial charge in [-0.25, -0.2) is 24.2 Å². The van der Waals surface area contributed by atoms with Gasteiger partial charge in [-0.05, 0) is 91.2 Å². The number of carbonyl (C=O) groups excluding carboxylic acids is 6. The second-order valence-electron chi connectivity index (χ2n) is 23.5. The molecule has 4 aromatic heterocycles. The van der Waals surface area contributed by atoms with Crippen molar-refractivity contribution >= 4 is 81.4 Å². The highest BCUT2D eigenvalue weighted by atomic mass is 32.1. The van der Waals surface area contributed by atoms with Crippen molar-refractivity contribution in [3.8, 4) is 11.1 Å². The number of carbonyl (C=O) groups is 6. The quantitative estimate of drug-likeness (QED) is 0.0192. The Morgan fingerprint density at radius 1 is 0.505 bits per heavy atom. The Morgan fingerprint density at radius 2 is 0.937 bits per heavy atom. The first kappa shape index (κ1) is 72.2. The maximum absolute atomic E-state index is 14.5. The zero-order valence-electron chi connectivity index (χ0n) is 54.0. The first-order valence-corrected chi connectivity index (χ1v) is 35.0. The number of benzene rings is 4. The molecule has 4 aromatic carbocycles. The number of aliphatic hydroxyl groups is 1. The molecular weight excluding hydrogens is 1290 g/mol. The molecule has 6 atom stereocenters. The lowest BCUT2D eigenvalue weighted by Crippen LogP contribution is -2.54. The molecule has 8 aromatic rings. The number of hydrogen-bond acceptors (Lipinski definition) is 18. The zero-order chi connectivity index (χ0) is 67.3. The number of nitrogens with one attached hydrogen (secondary N) is 6. The summed E-state index contributed by atoms with van der Waals surface area (Å²) >= 11 is 5.72. The lowest BCUT2D eigenvalue weighted by Gasteiger charge is -2.27. The molecule has 22 nitrogen and oxygen atoms in total. The molecule has 0 aliphatic carbocycles. The van der Waals surface area contributed by atoms with E-state index in [0.29, 0.717) is 57.9 Å². The summed E-state index contributed by atoms with van der Waals surface area (Å²) in [5.74, 6) is -0.649. The second-order valence-corrected chi connectivity index (χ2v) is 27.3. The van der Waals surface area contributed by atoms with Crippen LogP contribution in [0.15, 0.2) is 150 Å². The van der Waals surface area contributed by atoms with Crippen LogP contribution >= 0.6 is 45.3 Å². The van der Waals surface area contributed by atoms with Crippen LogP contribution in [0, 0.1) is 0 Å². The van der Waals surface area contributed by atoms with Crippen LogP contribution in [0.4, 0.5) is 19.2 Å². The Labute approximate surface area is 570 Å². The molecule has 0 spiro atoms. The molecule has 4 heterocycles. The number of amides is 8. The number of thiazole rings is 4. The number of hydrogen-bond donors (Lipinski definition) is 7. The standard InChI is InChI=1S/C69H84N12O10S4/c1-46(2)65-75-57(42-92-65)37-80(3)66(85)78-61(26-27-82)63(83)73-53(30-47-14-8-6-9-15-47)22-25-56(77-69(88)91-40-60-36-72-45-95-60)33-50-19-13-21-52(29-50)51-20-12-18-49(28-51)32-54(74-64(84)62(41-89-5)79-67(86)81(4)38-58-34-70-43-93-58)23-24-55(31-48-16-10-7-11-17-48)76-68(87)90-39-59-35-71-44-94-59/h6-21,28-29,34-36,42-46,53-56,61-62,82H,22-27,30-33,37-41H2,1-5H3,(H,73,83)(H,74,84)(H,76,87)(H,77,88)(H,78,85)(H,79,86). The summed E-state index contributed by atoms with van der Waals surface area (Å²) in [4.78, 5) is 105. The van der Waals surface area contributed by atoms with Crippen molar-refractivity contribution in [2.24, 2.45) is 0 Å². The van der Waals surface area contributed by atoms with Crippen molar-refractivity contribution in [1.82, 2.24) is 61.6 Å². The maximum Gasteiger partial charge on any atom is 0.407 e. The molecule has 0 aliphatic heterocycles. The van der Waals surface area contributed by atoms with Crippen LogP contribution in [-0.2, 0) is 75.8 Å². The van der Waals surface area contributed by atoms with Gasteiger partial charge in [0.25, 0.3) is 0 Å². The molecular formula is C69H84N12O10S4. The van der Waals surface area contributed by atoms with E-state index in [1.807, 2.05) is 102 Å². The Morgan fingerprint density at radius 3 is 1.38 bits per heavy atom. The number of aromatic nitrogens is 4. The molecule has 0 aliphatic rings. The van der Waals surface area contributed by atoms with E-state index in [9.17, 15) is 33.9 Å². The fourth-order valence-electron chi connectivity index (χ4n) is 10.6. The van der Waals surface area contributed by atoms with Crippen molar-refractivity contribution in [3.63, 3.8) is 0 Å². The smallest absolute Gasteiger partial charge is 0.407 e. The molecule has 0 saturated heterocycles. The van der Waals surface area contributed by atoms with Gasteiger partial charge in [0.15, 0.2) is 0 Å². The van der Waals surface area contributed by atoms with Crippen molar-refractivity contribution in [1.29, 1.82) is 0 Å². The minimum atomic E-state index is -1.05. The van der Waals surface area contributed by atoms with Gasteiger partial charge in [0.05, 0.1) is 56.7 Å². The lowest BCUT2D eigenvalue weighted by molar-refractivity contribution is -0.125. The van der Waals surface area contributed by atoms with Crippen LogP contribution in [0.5, 0.6) is 0 Å². The molecule has 7 N–H and O–H groups in total. The number of alkyl carbamates (subject to hydrolysis) is 2. The molecule has 0 radical (unpaired) electrons. The molecule has 0 fully saturated rings. The fraction of sp³-hybridized carbons (Fsp3) is 0.391. The number of ether oxygens (including phenoxy) is 3. The van der Waals surface area contributed by atoms with Gasteiger partial charge >= 0.3 is 24.2 Å². The van der Waals surface area contributed by atoms with E-state index in [2.05, 4.69) is 77.8 Å². The summed E-state index contributed by atoms with van der Waals surface area (Å²) in [5, 5.41) is 31.4. The summed E-state index contributed by atoms with van der Waals surface area (Å²) in [7, 11) is 4.75. The van der Waals surface area contributed by atoms with Gasteiger partial charge in [0.2, 0.25) is 11.8 Å². The van der Waals surface area contributed by atoms with Crippen LogP contribution in [0.25, 0.3) is 11.1 Å². The highest BCUT2D eigenvalue weighted by molar-refractivity contribution is 7.10. The Kier molecular flexibility index (Phi) is 28.9. The van der Waals surface area contributed by atoms with Crippen molar-refractivity contribution in [3.05, 3.63) is 197 Å². The molecule has 95 heavy (non-hydrogen) atoms. The third-order valence-corrected chi connectivity index (χ3v) is 19.0. The van der Waals surface area contributed by atoms with Gasteiger partial charge in [-0.15, -0.1) is 45.3 Å². The van der Waals surface area contributed by atoms with E-state index < -0.39 is 72.3 Å². The molecule has 8 rings (SSSR count). The van der Waals surface area contributed by atoms with Crippen molar-refractivity contribution < 1.29 is 48.1 Å². The first-order valence-electron chi connectivity index (χ1n) is 31.5. The van der Waals surface area contributed by atoms with Crippen molar-refractivity contribution in [2.75, 3.05) is 34.4 Å². The summed E-state index contributed by atoms with van der Waals surface area (Å²) in [6, 6.07) is 30.8. The highest BCUT2D eigenvalue weighted by Gasteiger charge is 2.29. The predicted octanol–water partition coefficient (Wildman–Crippen LogP) is 10.4.